The summed E-state index contributed by atoms with van der Waals surface area (Å²) in [5.74, 6) is 0. The van der Waals surface area contributed by atoms with Crippen molar-refractivity contribution in [2.45, 2.75) is 18.9 Å². The van der Waals surface area contributed by atoms with Gasteiger partial charge < -0.3 is 15.1 Å². The molecule has 0 fully saturated rings. The molecule has 0 aromatic heterocycles. The molecule has 0 saturated heterocycles. The lowest BCUT2D eigenvalue weighted by Crippen LogP contribution is -2.31. The Morgan fingerprint density at radius 3 is 2.20 bits per heavy atom. The summed E-state index contributed by atoms with van der Waals surface area (Å²) in [6.45, 7) is 0.386. The molecule has 3 nitrogen and oxygen atoms in total. The van der Waals surface area contributed by atoms with Gasteiger partial charge in [-0.3, -0.25) is 0 Å². The van der Waals surface area contributed by atoms with E-state index in [1.165, 1.54) is 0 Å². The van der Waals surface area contributed by atoms with Gasteiger partial charge in [-0.2, -0.15) is 0 Å². The molecule has 0 aromatic carbocycles. The van der Waals surface area contributed by atoms with Gasteiger partial charge in [0, 0.05) is 12.6 Å². The third-order valence-corrected chi connectivity index (χ3v) is 1.64. The maximum atomic E-state index is 8.80. The second-order valence-electron chi connectivity index (χ2n) is 2.67. The largest absolute Gasteiger partial charge is 0.396 e. The Kier molecular flexibility index (Phi) is 5.58. The van der Waals surface area contributed by atoms with E-state index in [2.05, 4.69) is 0 Å². The molecule has 0 aromatic rings. The van der Waals surface area contributed by atoms with Crippen molar-refractivity contribution in [1.29, 1.82) is 0 Å². The van der Waals surface area contributed by atoms with Crippen LogP contribution in [0.15, 0.2) is 0 Å². The quantitative estimate of drug-likeness (QED) is 0.560. The summed E-state index contributed by atoms with van der Waals surface area (Å²) in [6, 6.07) is 0.201. The number of nitrogens with zero attached hydrogens (tertiary/aromatic N) is 1. The van der Waals surface area contributed by atoms with Gasteiger partial charge in [0.05, 0.1) is 6.61 Å². The van der Waals surface area contributed by atoms with Crippen LogP contribution in [-0.2, 0) is 0 Å². The van der Waals surface area contributed by atoms with E-state index in [9.17, 15) is 0 Å². The molecule has 2 N–H and O–H groups in total. The Balaban J connectivity index is 3.40. The van der Waals surface area contributed by atoms with E-state index in [0.29, 0.717) is 0 Å². The topological polar surface area (TPSA) is 43.7 Å². The van der Waals surface area contributed by atoms with Crippen LogP contribution < -0.4 is 0 Å². The summed E-state index contributed by atoms with van der Waals surface area (Å²) < 4.78 is 0. The summed E-state index contributed by atoms with van der Waals surface area (Å²) in [5.41, 5.74) is 0. The lowest BCUT2D eigenvalue weighted by atomic mass is 10.1. The monoisotopic (exact) mass is 147 g/mol. The van der Waals surface area contributed by atoms with Gasteiger partial charge in [-0.15, -0.1) is 0 Å². The number of rotatable bonds is 5. The first-order valence-corrected chi connectivity index (χ1v) is 3.60. The van der Waals surface area contributed by atoms with E-state index in [4.69, 9.17) is 10.2 Å². The first-order valence-electron chi connectivity index (χ1n) is 3.60. The highest BCUT2D eigenvalue weighted by Gasteiger charge is 2.07. The third-order valence-electron chi connectivity index (χ3n) is 1.64. The molecule has 0 spiro atoms. The van der Waals surface area contributed by atoms with Gasteiger partial charge >= 0.3 is 0 Å². The van der Waals surface area contributed by atoms with Crippen molar-refractivity contribution in [3.8, 4) is 0 Å². The van der Waals surface area contributed by atoms with Gasteiger partial charge in [-0.05, 0) is 26.9 Å². The van der Waals surface area contributed by atoms with Crippen LogP contribution in [0.2, 0.25) is 0 Å². The fraction of sp³-hybridized carbons (Fsp3) is 1.00. The minimum Gasteiger partial charge on any atom is -0.396 e. The van der Waals surface area contributed by atoms with E-state index >= 15 is 0 Å². The average Bonchev–Trinajstić information content (AvgIpc) is 1.89. The molecule has 0 bridgehead atoms. The fourth-order valence-corrected chi connectivity index (χ4v) is 0.840. The second-order valence-corrected chi connectivity index (χ2v) is 2.67. The van der Waals surface area contributed by atoms with Gasteiger partial charge in [0.25, 0.3) is 0 Å². The average molecular weight is 147 g/mol. The Morgan fingerprint density at radius 1 is 1.30 bits per heavy atom. The minimum atomic E-state index is 0.174. The number of aliphatic hydroxyl groups is 2. The highest BCUT2D eigenvalue weighted by Crippen LogP contribution is 2.00. The molecule has 1 atom stereocenters. The smallest absolute Gasteiger partial charge is 0.0586 e. The van der Waals surface area contributed by atoms with Crippen LogP contribution in [0.5, 0.6) is 0 Å². The summed E-state index contributed by atoms with van der Waals surface area (Å²) in [4.78, 5) is 1.97. The Labute approximate surface area is 62.3 Å². The molecule has 0 rings (SSSR count). The van der Waals surface area contributed by atoms with Gasteiger partial charge in [-0.1, -0.05) is 0 Å². The zero-order chi connectivity index (χ0) is 7.98. The lowest BCUT2D eigenvalue weighted by molar-refractivity contribution is 0.151. The SMILES string of the molecule is CN(C)C(CO)CCCO. The number of aliphatic hydroxyl groups excluding tert-OH is 2. The van der Waals surface area contributed by atoms with Crippen LogP contribution in [0.3, 0.4) is 0 Å². The van der Waals surface area contributed by atoms with Crippen molar-refractivity contribution < 1.29 is 10.2 Å². The summed E-state index contributed by atoms with van der Waals surface area (Å²) >= 11 is 0. The van der Waals surface area contributed by atoms with Crippen molar-refractivity contribution in [1.82, 2.24) is 4.90 Å². The van der Waals surface area contributed by atoms with E-state index < -0.39 is 0 Å². The zero-order valence-electron chi connectivity index (χ0n) is 6.75. The molecule has 0 amide bonds. The van der Waals surface area contributed by atoms with Crippen LogP contribution in [-0.4, -0.2) is 48.5 Å². The van der Waals surface area contributed by atoms with Crippen molar-refractivity contribution in [2.75, 3.05) is 27.3 Å². The van der Waals surface area contributed by atoms with Crippen LogP contribution >= 0.6 is 0 Å². The molecule has 62 valence electrons. The first-order chi connectivity index (χ1) is 4.72. The first kappa shape index (κ1) is 9.88. The maximum absolute atomic E-state index is 8.80. The van der Waals surface area contributed by atoms with Gasteiger partial charge in [0.15, 0.2) is 0 Å². The Hall–Kier alpha value is -0.120. The molecule has 0 aliphatic rings. The minimum absolute atomic E-state index is 0.174. The fourth-order valence-electron chi connectivity index (χ4n) is 0.840. The molecule has 1 unspecified atom stereocenters. The van der Waals surface area contributed by atoms with Crippen molar-refractivity contribution in [3.63, 3.8) is 0 Å². The normalized spacial score (nSPS) is 14.1. The van der Waals surface area contributed by atoms with Gasteiger partial charge in [0.1, 0.15) is 0 Å². The van der Waals surface area contributed by atoms with E-state index in [1.807, 2.05) is 19.0 Å². The van der Waals surface area contributed by atoms with E-state index in [-0.39, 0.29) is 19.3 Å². The van der Waals surface area contributed by atoms with Crippen molar-refractivity contribution in [2.24, 2.45) is 0 Å². The summed E-state index contributed by atoms with van der Waals surface area (Å²) in [6.07, 6.45) is 1.63. The zero-order valence-corrected chi connectivity index (χ0v) is 6.75. The van der Waals surface area contributed by atoms with E-state index in [0.717, 1.165) is 12.8 Å². The molecular weight excluding hydrogens is 130 g/mol. The molecule has 0 radical (unpaired) electrons. The highest BCUT2D eigenvalue weighted by molar-refractivity contribution is 4.63. The maximum Gasteiger partial charge on any atom is 0.0586 e. The van der Waals surface area contributed by atoms with Crippen LogP contribution in [0.1, 0.15) is 12.8 Å². The Morgan fingerprint density at radius 2 is 1.90 bits per heavy atom. The van der Waals surface area contributed by atoms with Crippen LogP contribution in [0.25, 0.3) is 0 Å². The van der Waals surface area contributed by atoms with Crippen LogP contribution in [0.4, 0.5) is 0 Å². The van der Waals surface area contributed by atoms with Crippen molar-refractivity contribution in [3.05, 3.63) is 0 Å². The molecule has 0 heterocycles. The molecule has 0 saturated carbocycles. The molecule has 0 aliphatic heterocycles. The molecule has 0 aliphatic carbocycles. The predicted octanol–water partition coefficient (Wildman–Crippen LogP) is -0.319. The highest BCUT2D eigenvalue weighted by atomic mass is 16.3. The van der Waals surface area contributed by atoms with Gasteiger partial charge in [-0.25, -0.2) is 0 Å². The molecule has 10 heavy (non-hydrogen) atoms. The number of likely N-dealkylation sites (N-methyl/N-ethyl adjacent to an activating group) is 1. The summed E-state index contributed by atoms with van der Waals surface area (Å²) in [7, 11) is 3.86. The summed E-state index contributed by atoms with van der Waals surface area (Å²) in [5, 5.41) is 17.3. The van der Waals surface area contributed by atoms with Gasteiger partial charge in [0.2, 0.25) is 0 Å². The molecular formula is C7H17NO2. The van der Waals surface area contributed by atoms with Crippen LogP contribution in [0, 0.1) is 0 Å². The third kappa shape index (κ3) is 3.82. The molecule has 3 heteroatoms. The Bertz CT molecular complexity index is 76.0. The van der Waals surface area contributed by atoms with E-state index in [1.54, 1.807) is 0 Å². The predicted molar refractivity (Wildman–Crippen MR) is 40.9 cm³/mol. The number of hydrogen-bond acceptors (Lipinski definition) is 3. The second kappa shape index (κ2) is 5.65. The number of hydrogen-bond donors (Lipinski definition) is 2. The lowest BCUT2D eigenvalue weighted by Gasteiger charge is -2.21. The van der Waals surface area contributed by atoms with Crippen molar-refractivity contribution >= 4 is 0 Å². The standard InChI is InChI=1S/C7H17NO2/c1-8(2)7(6-10)4-3-5-9/h7,9-10H,3-6H2,1-2H3.